The molecule has 3 aromatic heterocycles. The van der Waals surface area contributed by atoms with E-state index in [0.29, 0.717) is 29.5 Å². The van der Waals surface area contributed by atoms with E-state index in [9.17, 15) is 4.79 Å². The van der Waals surface area contributed by atoms with Gasteiger partial charge in [0.1, 0.15) is 17.3 Å². The molecule has 0 aliphatic carbocycles. The van der Waals surface area contributed by atoms with Gasteiger partial charge in [0, 0.05) is 77.4 Å². The Morgan fingerprint density at radius 1 is 1.09 bits per heavy atom. The van der Waals surface area contributed by atoms with Gasteiger partial charge in [-0.2, -0.15) is 0 Å². The van der Waals surface area contributed by atoms with Gasteiger partial charge in [0.05, 0.1) is 12.8 Å². The third kappa shape index (κ3) is 5.57. The molecule has 44 heavy (non-hydrogen) atoms. The number of nitrogens with zero attached hydrogens (tertiary/aromatic N) is 3. The molecule has 0 unspecified atom stereocenters. The molecule has 222 valence electrons. The van der Waals surface area contributed by atoms with E-state index in [1.54, 1.807) is 18.4 Å². The van der Waals surface area contributed by atoms with Crippen LogP contribution < -0.4 is 26.0 Å². The van der Waals surface area contributed by atoms with Gasteiger partial charge in [0.25, 0.3) is 5.91 Å². The normalized spacial score (nSPS) is 11.4. The number of aromatic nitrogens is 2. The molecule has 0 saturated heterocycles. The molecule has 0 aliphatic heterocycles. The zero-order valence-electron chi connectivity index (χ0n) is 25.1. The summed E-state index contributed by atoms with van der Waals surface area (Å²) in [6, 6.07) is 23.9. The minimum absolute atomic E-state index is 0.208. The smallest absolute Gasteiger partial charge is 0.272 e. The number of benzene rings is 3. The molecule has 0 atom stereocenters. The molecule has 3 heterocycles. The highest BCUT2D eigenvalue weighted by Crippen LogP contribution is 2.41. The first-order valence-corrected chi connectivity index (χ1v) is 15.1. The largest absolute Gasteiger partial charge is 0.495 e. The first-order valence-electron chi connectivity index (χ1n) is 14.2. The van der Waals surface area contributed by atoms with Crippen molar-refractivity contribution in [2.45, 2.75) is 0 Å². The lowest BCUT2D eigenvalue weighted by molar-refractivity contribution is 0.101. The Hall–Kier alpha value is -5.28. The Labute approximate surface area is 260 Å². The van der Waals surface area contributed by atoms with Crippen LogP contribution in [0.1, 0.15) is 16.1 Å². The standard InChI is InChI=1S/C35H34N6O2S/c1-40(2)26-14-12-25(13-15-26)37-17-7-9-24-20-38-34(36)32-27(21-44-33(24)32)22-11-16-28(31(19-22)43-4)39-35(42)30-18-23-8-5-6-10-29(23)41(30)3/h5-16,18-21,37H,17H2,1-4H3,(H2,36,38)(H,39,42)/b9-7+. The van der Waals surface area contributed by atoms with Gasteiger partial charge >= 0.3 is 0 Å². The van der Waals surface area contributed by atoms with Crippen LogP contribution in [0.25, 0.3) is 38.2 Å². The number of ether oxygens (including phenoxy) is 1. The predicted molar refractivity (Wildman–Crippen MR) is 185 cm³/mol. The molecule has 0 fully saturated rings. The van der Waals surface area contributed by atoms with E-state index >= 15 is 0 Å². The van der Waals surface area contributed by atoms with Crippen LogP contribution in [0.15, 0.2) is 90.4 Å². The number of carbonyl (C=O) groups excluding carboxylic acids is 1. The van der Waals surface area contributed by atoms with E-state index in [2.05, 4.69) is 62.3 Å². The van der Waals surface area contributed by atoms with Crippen LogP contribution in [0, 0.1) is 0 Å². The summed E-state index contributed by atoms with van der Waals surface area (Å²) in [6.07, 6.45) is 5.97. The average Bonchev–Trinajstić information content (AvgIpc) is 3.63. The topological polar surface area (TPSA) is 97.4 Å². The first-order chi connectivity index (χ1) is 21.3. The summed E-state index contributed by atoms with van der Waals surface area (Å²) >= 11 is 1.63. The van der Waals surface area contributed by atoms with Crippen molar-refractivity contribution in [1.82, 2.24) is 9.55 Å². The highest BCUT2D eigenvalue weighted by Gasteiger charge is 2.18. The molecule has 0 spiro atoms. The molecular formula is C35H34N6O2S. The summed E-state index contributed by atoms with van der Waals surface area (Å²) in [7, 11) is 7.55. The first kappa shape index (κ1) is 28.8. The number of thiophene rings is 1. The van der Waals surface area contributed by atoms with Crippen molar-refractivity contribution in [3.63, 3.8) is 0 Å². The second-order valence-electron chi connectivity index (χ2n) is 10.7. The molecule has 6 aromatic rings. The summed E-state index contributed by atoms with van der Waals surface area (Å²) < 4.78 is 8.66. The molecule has 0 radical (unpaired) electrons. The van der Waals surface area contributed by atoms with Gasteiger partial charge in [-0.1, -0.05) is 36.4 Å². The van der Waals surface area contributed by atoms with E-state index in [4.69, 9.17) is 10.5 Å². The number of aryl methyl sites for hydroxylation is 1. The van der Waals surface area contributed by atoms with Crippen molar-refractivity contribution in [3.8, 4) is 16.9 Å². The Morgan fingerprint density at radius 3 is 2.64 bits per heavy atom. The number of hydrogen-bond donors (Lipinski definition) is 3. The fraction of sp³-hybridized carbons (Fsp3) is 0.143. The summed E-state index contributed by atoms with van der Waals surface area (Å²) in [5.41, 5.74) is 13.7. The molecule has 8 nitrogen and oxygen atoms in total. The van der Waals surface area contributed by atoms with Crippen molar-refractivity contribution in [2.75, 3.05) is 49.0 Å². The summed E-state index contributed by atoms with van der Waals surface area (Å²) in [6.45, 7) is 0.675. The minimum Gasteiger partial charge on any atom is -0.495 e. The number of nitrogens with one attached hydrogen (secondary N) is 2. The SMILES string of the molecule is COc1cc(-c2csc3c(/C=C/CNc4ccc(N(C)C)cc4)cnc(N)c23)ccc1NC(=O)c1cc2ccccc2n1C. The van der Waals surface area contributed by atoms with Crippen molar-refractivity contribution >= 4 is 67.2 Å². The Morgan fingerprint density at radius 2 is 1.89 bits per heavy atom. The second-order valence-corrected chi connectivity index (χ2v) is 11.6. The number of carbonyl (C=O) groups is 1. The number of para-hydroxylation sites is 1. The van der Waals surface area contributed by atoms with Crippen LogP contribution in [0.5, 0.6) is 5.75 Å². The van der Waals surface area contributed by atoms with Gasteiger partial charge in [-0.3, -0.25) is 4.79 Å². The highest BCUT2D eigenvalue weighted by atomic mass is 32.1. The van der Waals surface area contributed by atoms with E-state index in [1.165, 1.54) is 0 Å². The number of nitrogen functional groups attached to an aromatic ring is 1. The Kier molecular flexibility index (Phi) is 7.95. The number of rotatable bonds is 9. The maximum Gasteiger partial charge on any atom is 0.272 e. The van der Waals surface area contributed by atoms with Crippen molar-refractivity contribution in [2.24, 2.45) is 7.05 Å². The summed E-state index contributed by atoms with van der Waals surface area (Å²) in [5.74, 6) is 0.821. The van der Waals surface area contributed by atoms with Crippen LogP contribution in [0.3, 0.4) is 0 Å². The van der Waals surface area contributed by atoms with E-state index in [1.807, 2.05) is 80.4 Å². The number of amides is 1. The van der Waals surface area contributed by atoms with Crippen LogP contribution >= 0.6 is 11.3 Å². The molecule has 1 amide bonds. The van der Waals surface area contributed by atoms with Crippen LogP contribution in [-0.2, 0) is 7.05 Å². The van der Waals surface area contributed by atoms with Gasteiger partial charge < -0.3 is 30.6 Å². The lowest BCUT2D eigenvalue weighted by Gasteiger charge is -2.13. The third-order valence-electron chi connectivity index (χ3n) is 7.70. The fourth-order valence-corrected chi connectivity index (χ4v) is 6.39. The molecule has 9 heteroatoms. The fourth-order valence-electron chi connectivity index (χ4n) is 5.31. The van der Waals surface area contributed by atoms with Gasteiger partial charge in [0.2, 0.25) is 0 Å². The molecule has 3 aromatic carbocycles. The lowest BCUT2D eigenvalue weighted by Crippen LogP contribution is -2.16. The number of methoxy groups -OCH3 is 1. The Balaban J connectivity index is 1.22. The Bertz CT molecular complexity index is 2010. The van der Waals surface area contributed by atoms with E-state index < -0.39 is 0 Å². The average molecular weight is 603 g/mol. The van der Waals surface area contributed by atoms with E-state index in [0.717, 1.165) is 49.1 Å². The van der Waals surface area contributed by atoms with Crippen molar-refractivity contribution < 1.29 is 9.53 Å². The van der Waals surface area contributed by atoms with Gasteiger partial charge in [-0.15, -0.1) is 11.3 Å². The number of hydrogen-bond acceptors (Lipinski definition) is 7. The number of anilines is 4. The molecule has 6 rings (SSSR count). The second kappa shape index (κ2) is 12.1. The highest BCUT2D eigenvalue weighted by molar-refractivity contribution is 7.18. The molecule has 4 N–H and O–H groups in total. The molecule has 0 bridgehead atoms. The van der Waals surface area contributed by atoms with Gasteiger partial charge in [-0.05, 0) is 59.5 Å². The zero-order valence-corrected chi connectivity index (χ0v) is 25.9. The molecular weight excluding hydrogens is 568 g/mol. The van der Waals surface area contributed by atoms with Gasteiger partial charge in [0.15, 0.2) is 0 Å². The van der Waals surface area contributed by atoms with E-state index in [-0.39, 0.29) is 5.91 Å². The minimum atomic E-state index is -0.208. The van der Waals surface area contributed by atoms with Crippen LogP contribution in [0.4, 0.5) is 22.9 Å². The summed E-state index contributed by atoms with van der Waals surface area (Å²) in [4.78, 5) is 19.8. The van der Waals surface area contributed by atoms with Crippen LogP contribution in [-0.4, -0.2) is 43.2 Å². The van der Waals surface area contributed by atoms with Crippen LogP contribution in [0.2, 0.25) is 0 Å². The maximum atomic E-state index is 13.2. The van der Waals surface area contributed by atoms with Crippen molar-refractivity contribution in [3.05, 3.63) is 102 Å². The van der Waals surface area contributed by atoms with Gasteiger partial charge in [-0.25, -0.2) is 4.98 Å². The summed E-state index contributed by atoms with van der Waals surface area (Å²) in [5, 5.41) is 10.5. The number of nitrogens with two attached hydrogens (primary N) is 1. The molecule has 0 aliphatic rings. The lowest BCUT2D eigenvalue weighted by atomic mass is 10.0. The third-order valence-corrected chi connectivity index (χ3v) is 8.73. The molecule has 0 saturated carbocycles. The zero-order chi connectivity index (χ0) is 30.8. The quantitative estimate of drug-likeness (QED) is 0.159. The van der Waals surface area contributed by atoms with Crippen molar-refractivity contribution in [1.29, 1.82) is 0 Å². The monoisotopic (exact) mass is 602 g/mol. The maximum absolute atomic E-state index is 13.2. The number of pyridine rings is 1. The predicted octanol–water partition coefficient (Wildman–Crippen LogP) is 7.49. The number of fused-ring (bicyclic) bond motifs is 2.